The standard InChI is InChI=1S/C23H27N3O4S/c1-16(2)22-20-15-19(9-10-21(20)24(3)23(22)27)31(28,29)26-13-11-25(12-14-26)17-5-7-18(30-4)8-6-17/h5-10,15H,11-14H2,1-4H3. The second-order valence-electron chi connectivity index (χ2n) is 8.01. The summed E-state index contributed by atoms with van der Waals surface area (Å²) in [5.41, 5.74) is 3.93. The van der Waals surface area contributed by atoms with Gasteiger partial charge in [-0.1, -0.05) is 5.57 Å². The molecule has 7 nitrogen and oxygen atoms in total. The molecule has 0 N–H and O–H groups in total. The third-order valence-corrected chi connectivity index (χ3v) is 7.83. The molecule has 164 valence electrons. The van der Waals surface area contributed by atoms with Gasteiger partial charge >= 0.3 is 0 Å². The summed E-state index contributed by atoms with van der Waals surface area (Å²) in [5.74, 6) is 0.694. The summed E-state index contributed by atoms with van der Waals surface area (Å²) < 4.78 is 33.4. The SMILES string of the molecule is COc1ccc(N2CCN(S(=O)(=O)c3ccc4c(c3)C(=C(C)C)C(=O)N4C)CC2)cc1. The molecular weight excluding hydrogens is 414 g/mol. The van der Waals surface area contributed by atoms with Gasteiger partial charge in [0.1, 0.15) is 5.75 Å². The molecule has 4 rings (SSSR count). The molecule has 0 saturated carbocycles. The van der Waals surface area contributed by atoms with Crippen LogP contribution >= 0.6 is 0 Å². The highest BCUT2D eigenvalue weighted by atomic mass is 32.2. The molecule has 0 aromatic heterocycles. The molecule has 0 radical (unpaired) electrons. The molecule has 0 spiro atoms. The maximum absolute atomic E-state index is 13.3. The topological polar surface area (TPSA) is 70.2 Å². The molecule has 8 heteroatoms. The van der Waals surface area contributed by atoms with Crippen molar-refractivity contribution in [1.29, 1.82) is 0 Å². The van der Waals surface area contributed by atoms with Crippen molar-refractivity contribution in [2.75, 3.05) is 50.1 Å². The number of benzene rings is 2. The van der Waals surface area contributed by atoms with Gasteiger partial charge in [-0.3, -0.25) is 4.79 Å². The number of rotatable bonds is 4. The van der Waals surface area contributed by atoms with Gasteiger partial charge in [0.2, 0.25) is 10.0 Å². The Bertz CT molecular complexity index is 1140. The second kappa shape index (κ2) is 8.01. The Morgan fingerprint density at radius 3 is 2.19 bits per heavy atom. The van der Waals surface area contributed by atoms with Gasteiger partial charge in [0, 0.05) is 50.1 Å². The fourth-order valence-electron chi connectivity index (χ4n) is 4.17. The maximum Gasteiger partial charge on any atom is 0.258 e. The van der Waals surface area contributed by atoms with Gasteiger partial charge in [-0.05, 0) is 56.3 Å². The zero-order valence-electron chi connectivity index (χ0n) is 18.3. The van der Waals surface area contributed by atoms with Gasteiger partial charge in [-0.2, -0.15) is 4.31 Å². The van der Waals surface area contributed by atoms with E-state index in [1.165, 1.54) is 4.31 Å². The van der Waals surface area contributed by atoms with E-state index in [9.17, 15) is 13.2 Å². The molecule has 1 amide bonds. The van der Waals surface area contributed by atoms with Crippen LogP contribution in [0, 0.1) is 0 Å². The van der Waals surface area contributed by atoms with Crippen LogP contribution < -0.4 is 14.5 Å². The van der Waals surface area contributed by atoms with Crippen LogP contribution in [0.5, 0.6) is 5.75 Å². The lowest BCUT2D eigenvalue weighted by atomic mass is 10.0. The van der Waals surface area contributed by atoms with Gasteiger partial charge in [0.15, 0.2) is 0 Å². The molecule has 0 aliphatic carbocycles. The first-order valence-electron chi connectivity index (χ1n) is 10.2. The normalized spacial score (nSPS) is 17.2. The van der Waals surface area contributed by atoms with Crippen molar-refractivity contribution in [1.82, 2.24) is 4.31 Å². The van der Waals surface area contributed by atoms with Crippen LogP contribution in [0.15, 0.2) is 52.9 Å². The summed E-state index contributed by atoms with van der Waals surface area (Å²) in [7, 11) is -0.307. The summed E-state index contributed by atoms with van der Waals surface area (Å²) in [6.07, 6.45) is 0. The lowest BCUT2D eigenvalue weighted by Crippen LogP contribution is -2.48. The summed E-state index contributed by atoms with van der Waals surface area (Å²) in [6, 6.07) is 12.7. The van der Waals surface area contributed by atoms with Gasteiger partial charge in [0.25, 0.3) is 5.91 Å². The highest BCUT2D eigenvalue weighted by molar-refractivity contribution is 7.89. The minimum Gasteiger partial charge on any atom is -0.497 e. The number of methoxy groups -OCH3 is 1. The molecule has 2 heterocycles. The first-order valence-corrected chi connectivity index (χ1v) is 11.7. The predicted octanol–water partition coefficient (Wildman–Crippen LogP) is 2.98. The molecule has 1 fully saturated rings. The Kier molecular flexibility index (Phi) is 5.53. The minimum atomic E-state index is -3.65. The summed E-state index contributed by atoms with van der Waals surface area (Å²) in [4.78, 5) is 16.5. The summed E-state index contributed by atoms with van der Waals surface area (Å²) >= 11 is 0. The number of likely N-dealkylation sites (N-methyl/N-ethyl adjacent to an activating group) is 1. The number of allylic oxidation sites excluding steroid dienone is 1. The number of sulfonamides is 1. The molecule has 1 saturated heterocycles. The Morgan fingerprint density at radius 1 is 0.968 bits per heavy atom. The molecule has 2 aliphatic heterocycles. The highest BCUT2D eigenvalue weighted by Gasteiger charge is 2.34. The van der Waals surface area contributed by atoms with E-state index in [-0.39, 0.29) is 10.8 Å². The van der Waals surface area contributed by atoms with Crippen molar-refractivity contribution in [3.05, 3.63) is 53.6 Å². The molecule has 31 heavy (non-hydrogen) atoms. The van der Waals surface area contributed by atoms with Crippen LogP contribution in [0.25, 0.3) is 5.57 Å². The fourth-order valence-corrected chi connectivity index (χ4v) is 5.62. The molecule has 2 aromatic rings. The fraction of sp³-hybridized carbons (Fsp3) is 0.348. The largest absolute Gasteiger partial charge is 0.497 e. The zero-order valence-corrected chi connectivity index (χ0v) is 19.1. The number of hydrogen-bond donors (Lipinski definition) is 0. The molecule has 2 aromatic carbocycles. The highest BCUT2D eigenvalue weighted by Crippen LogP contribution is 2.39. The van der Waals surface area contributed by atoms with Gasteiger partial charge in [0.05, 0.1) is 17.7 Å². The van der Waals surface area contributed by atoms with Crippen molar-refractivity contribution >= 4 is 32.9 Å². The van der Waals surface area contributed by atoms with Crippen molar-refractivity contribution in [3.63, 3.8) is 0 Å². The van der Waals surface area contributed by atoms with Gasteiger partial charge in [-0.25, -0.2) is 8.42 Å². The average Bonchev–Trinajstić information content (AvgIpc) is 3.03. The van der Waals surface area contributed by atoms with Gasteiger partial charge < -0.3 is 14.5 Å². The van der Waals surface area contributed by atoms with Crippen LogP contribution in [-0.2, 0) is 14.8 Å². The smallest absolute Gasteiger partial charge is 0.258 e. The third kappa shape index (κ3) is 3.70. The van der Waals surface area contributed by atoms with E-state index in [2.05, 4.69) is 4.90 Å². The average molecular weight is 442 g/mol. The maximum atomic E-state index is 13.3. The number of carbonyl (C=O) groups is 1. The number of hydrogen-bond acceptors (Lipinski definition) is 5. The molecule has 0 unspecified atom stereocenters. The van der Waals surface area contributed by atoms with Crippen LogP contribution in [0.4, 0.5) is 11.4 Å². The third-order valence-electron chi connectivity index (χ3n) is 5.93. The van der Waals surface area contributed by atoms with Crippen molar-refractivity contribution in [2.24, 2.45) is 0 Å². The number of fused-ring (bicyclic) bond motifs is 1. The number of piperazine rings is 1. The van der Waals surface area contributed by atoms with E-state index in [1.807, 2.05) is 38.1 Å². The van der Waals surface area contributed by atoms with Gasteiger partial charge in [-0.15, -0.1) is 0 Å². The van der Waals surface area contributed by atoms with Crippen LogP contribution in [0.2, 0.25) is 0 Å². The number of ether oxygens (including phenoxy) is 1. The van der Waals surface area contributed by atoms with E-state index >= 15 is 0 Å². The zero-order chi connectivity index (χ0) is 22.3. The molecule has 0 atom stereocenters. The summed E-state index contributed by atoms with van der Waals surface area (Å²) in [6.45, 7) is 5.76. The van der Waals surface area contributed by atoms with Crippen LogP contribution in [0.1, 0.15) is 19.4 Å². The van der Waals surface area contributed by atoms with Crippen molar-refractivity contribution in [3.8, 4) is 5.75 Å². The molecule has 0 bridgehead atoms. The van der Waals surface area contributed by atoms with E-state index in [4.69, 9.17) is 4.74 Å². The van der Waals surface area contributed by atoms with E-state index < -0.39 is 10.0 Å². The first-order chi connectivity index (χ1) is 14.7. The predicted molar refractivity (Wildman–Crippen MR) is 122 cm³/mol. The Balaban J connectivity index is 1.55. The number of amides is 1. The van der Waals surface area contributed by atoms with E-state index in [1.54, 1.807) is 37.3 Å². The van der Waals surface area contributed by atoms with E-state index in [0.29, 0.717) is 37.3 Å². The van der Waals surface area contributed by atoms with Crippen LogP contribution in [0.3, 0.4) is 0 Å². The quantitative estimate of drug-likeness (QED) is 0.683. The Morgan fingerprint density at radius 2 is 1.61 bits per heavy atom. The van der Waals surface area contributed by atoms with Crippen molar-refractivity contribution in [2.45, 2.75) is 18.7 Å². The lowest BCUT2D eigenvalue weighted by molar-refractivity contribution is -0.112. The van der Waals surface area contributed by atoms with Crippen molar-refractivity contribution < 1.29 is 17.9 Å². The monoisotopic (exact) mass is 441 g/mol. The molecular formula is C23H27N3O4S. The first kappa shape index (κ1) is 21.4. The lowest BCUT2D eigenvalue weighted by Gasteiger charge is -2.35. The number of anilines is 2. The van der Waals surface area contributed by atoms with Crippen LogP contribution in [-0.4, -0.2) is 59.0 Å². The number of nitrogens with zero attached hydrogens (tertiary/aromatic N) is 3. The molecule has 2 aliphatic rings. The van der Waals surface area contributed by atoms with E-state index in [0.717, 1.165) is 22.7 Å². The Labute approximate surface area is 183 Å². The number of carbonyl (C=O) groups excluding carboxylic acids is 1. The summed E-state index contributed by atoms with van der Waals surface area (Å²) in [5, 5.41) is 0. The minimum absolute atomic E-state index is 0.0994. The second-order valence-corrected chi connectivity index (χ2v) is 9.95. The Hall–Kier alpha value is -2.84.